The molecule has 0 saturated heterocycles. The summed E-state index contributed by atoms with van der Waals surface area (Å²) in [6.07, 6.45) is 9.75. The van der Waals surface area contributed by atoms with E-state index in [1.165, 1.54) is 28.8 Å². The molecule has 1 aromatic carbocycles. The number of allylic oxidation sites excluding steroid dienone is 6. The standard InChI is InChI=1S/C22H21N3/c23-13-21(14-24)18-6-5-17-7-8-22(12-20(17)11-18)25-10-9-16-3-1-2-4-19(16)15-25/h1-4,11-12,17H,5-10,15H2/t17-/m1/s1. The Balaban J connectivity index is 1.62. The van der Waals surface area contributed by atoms with Crippen LogP contribution in [0.2, 0.25) is 0 Å². The van der Waals surface area contributed by atoms with E-state index in [1.807, 2.05) is 12.1 Å². The van der Waals surface area contributed by atoms with Crippen molar-refractivity contribution in [1.29, 1.82) is 10.5 Å². The summed E-state index contributed by atoms with van der Waals surface area (Å²) in [5.74, 6) is 0.586. The molecule has 1 atom stereocenters. The van der Waals surface area contributed by atoms with E-state index >= 15 is 0 Å². The van der Waals surface area contributed by atoms with Crippen molar-refractivity contribution in [2.24, 2.45) is 5.92 Å². The van der Waals surface area contributed by atoms with E-state index in [2.05, 4.69) is 41.3 Å². The number of fused-ring (bicyclic) bond motifs is 2. The van der Waals surface area contributed by atoms with E-state index in [1.54, 1.807) is 0 Å². The predicted octanol–water partition coefficient (Wildman–Crippen LogP) is 4.40. The zero-order chi connectivity index (χ0) is 17.2. The first-order valence-corrected chi connectivity index (χ1v) is 9.05. The molecule has 0 spiro atoms. The third-order valence-electron chi connectivity index (χ3n) is 5.74. The van der Waals surface area contributed by atoms with Crippen LogP contribution in [-0.4, -0.2) is 11.4 Å². The third-order valence-corrected chi connectivity index (χ3v) is 5.74. The average molecular weight is 327 g/mol. The minimum absolute atomic E-state index is 0.276. The average Bonchev–Trinajstić information content (AvgIpc) is 2.68. The molecule has 4 rings (SSSR count). The quantitative estimate of drug-likeness (QED) is 0.718. The molecule has 1 aromatic rings. The normalized spacial score (nSPS) is 21.9. The third kappa shape index (κ3) is 2.99. The van der Waals surface area contributed by atoms with Crippen molar-refractivity contribution < 1.29 is 0 Å². The second-order valence-corrected chi connectivity index (χ2v) is 7.12. The summed E-state index contributed by atoms with van der Waals surface area (Å²) in [5, 5.41) is 18.3. The van der Waals surface area contributed by atoms with Crippen LogP contribution in [0.3, 0.4) is 0 Å². The van der Waals surface area contributed by atoms with Gasteiger partial charge in [-0.15, -0.1) is 0 Å². The van der Waals surface area contributed by atoms with Crippen LogP contribution >= 0.6 is 0 Å². The molecule has 2 aliphatic carbocycles. The SMILES string of the molecule is N#CC(C#N)=C1C=C2C=C(N3CCc4ccccc4C3)CC[C@H]2CC1. The summed E-state index contributed by atoms with van der Waals surface area (Å²) < 4.78 is 0. The maximum Gasteiger partial charge on any atom is 0.132 e. The topological polar surface area (TPSA) is 50.8 Å². The predicted molar refractivity (Wildman–Crippen MR) is 96.9 cm³/mol. The van der Waals surface area contributed by atoms with E-state index in [0.717, 1.165) is 44.3 Å². The van der Waals surface area contributed by atoms with E-state index in [4.69, 9.17) is 10.5 Å². The zero-order valence-corrected chi connectivity index (χ0v) is 14.3. The highest BCUT2D eigenvalue weighted by atomic mass is 15.1. The summed E-state index contributed by atoms with van der Waals surface area (Å²) >= 11 is 0. The van der Waals surface area contributed by atoms with Crippen LogP contribution in [0.5, 0.6) is 0 Å². The molecule has 0 radical (unpaired) electrons. The van der Waals surface area contributed by atoms with Crippen LogP contribution in [0.15, 0.2) is 58.8 Å². The summed E-state index contributed by atoms with van der Waals surface area (Å²) in [4.78, 5) is 2.51. The molecule has 1 aliphatic heterocycles. The Morgan fingerprint density at radius 3 is 2.52 bits per heavy atom. The van der Waals surface area contributed by atoms with Crippen molar-refractivity contribution in [2.75, 3.05) is 6.54 Å². The van der Waals surface area contributed by atoms with Gasteiger partial charge >= 0.3 is 0 Å². The number of nitrogens with zero attached hydrogens (tertiary/aromatic N) is 3. The smallest absolute Gasteiger partial charge is 0.132 e. The molecule has 0 bridgehead atoms. The van der Waals surface area contributed by atoms with Gasteiger partial charge in [-0.2, -0.15) is 10.5 Å². The summed E-state index contributed by atoms with van der Waals surface area (Å²) in [5.41, 5.74) is 6.82. The van der Waals surface area contributed by atoms with Gasteiger partial charge in [0.2, 0.25) is 0 Å². The van der Waals surface area contributed by atoms with Gasteiger partial charge in [-0.3, -0.25) is 0 Å². The van der Waals surface area contributed by atoms with Crippen LogP contribution in [0.1, 0.15) is 36.8 Å². The molecule has 124 valence electrons. The fourth-order valence-electron chi connectivity index (χ4n) is 4.30. The molecule has 0 unspecified atom stereocenters. The van der Waals surface area contributed by atoms with Crippen LogP contribution in [-0.2, 0) is 13.0 Å². The number of benzene rings is 1. The van der Waals surface area contributed by atoms with Gasteiger partial charge in [0.1, 0.15) is 17.7 Å². The van der Waals surface area contributed by atoms with Gasteiger partial charge < -0.3 is 4.90 Å². The molecule has 25 heavy (non-hydrogen) atoms. The van der Waals surface area contributed by atoms with Crippen molar-refractivity contribution in [1.82, 2.24) is 4.90 Å². The molecule has 0 N–H and O–H groups in total. The van der Waals surface area contributed by atoms with Gasteiger partial charge in [0, 0.05) is 18.8 Å². The van der Waals surface area contributed by atoms with Crippen molar-refractivity contribution in [3.05, 3.63) is 70.0 Å². The van der Waals surface area contributed by atoms with E-state index in [-0.39, 0.29) is 5.57 Å². The van der Waals surface area contributed by atoms with Gasteiger partial charge in [0.05, 0.1) is 0 Å². The number of hydrogen-bond donors (Lipinski definition) is 0. The van der Waals surface area contributed by atoms with E-state index in [0.29, 0.717) is 5.92 Å². The molecule has 0 amide bonds. The van der Waals surface area contributed by atoms with Crippen molar-refractivity contribution >= 4 is 0 Å². The first kappa shape index (κ1) is 15.7. The van der Waals surface area contributed by atoms with E-state index in [9.17, 15) is 0 Å². The number of nitriles is 2. The molecule has 0 fully saturated rings. The Kier molecular flexibility index (Phi) is 4.16. The fraction of sp³-hybridized carbons (Fsp3) is 0.364. The summed E-state index contributed by atoms with van der Waals surface area (Å²) in [7, 11) is 0. The lowest BCUT2D eigenvalue weighted by atomic mass is 9.77. The first-order valence-electron chi connectivity index (χ1n) is 9.05. The minimum atomic E-state index is 0.276. The largest absolute Gasteiger partial charge is 0.370 e. The van der Waals surface area contributed by atoms with Crippen LogP contribution < -0.4 is 0 Å². The second kappa shape index (κ2) is 6.61. The molecule has 3 nitrogen and oxygen atoms in total. The number of hydrogen-bond acceptors (Lipinski definition) is 3. The van der Waals surface area contributed by atoms with Crippen LogP contribution in [0, 0.1) is 28.6 Å². The second-order valence-electron chi connectivity index (χ2n) is 7.12. The Morgan fingerprint density at radius 1 is 0.960 bits per heavy atom. The maximum atomic E-state index is 9.14. The Hall–Kier alpha value is -2.78. The molecule has 3 aliphatic rings. The Bertz CT molecular complexity index is 857. The monoisotopic (exact) mass is 327 g/mol. The highest BCUT2D eigenvalue weighted by Gasteiger charge is 2.27. The lowest BCUT2D eigenvalue weighted by Crippen LogP contribution is -2.31. The van der Waals surface area contributed by atoms with Gasteiger partial charge in [-0.1, -0.05) is 30.3 Å². The lowest BCUT2D eigenvalue weighted by Gasteiger charge is -2.37. The summed E-state index contributed by atoms with van der Waals surface area (Å²) in [6.45, 7) is 2.06. The highest BCUT2D eigenvalue weighted by Crippen LogP contribution is 2.39. The van der Waals surface area contributed by atoms with Crippen molar-refractivity contribution in [3.8, 4) is 12.1 Å². The fourth-order valence-corrected chi connectivity index (χ4v) is 4.30. The number of rotatable bonds is 1. The molecular formula is C22H21N3. The van der Waals surface area contributed by atoms with Gasteiger partial charge in [0.25, 0.3) is 0 Å². The van der Waals surface area contributed by atoms with Crippen molar-refractivity contribution in [3.63, 3.8) is 0 Å². The van der Waals surface area contributed by atoms with Gasteiger partial charge in [-0.25, -0.2) is 0 Å². The molecule has 3 heteroatoms. The first-order chi connectivity index (χ1) is 12.3. The Labute approximate surface area is 149 Å². The Morgan fingerprint density at radius 2 is 1.72 bits per heavy atom. The lowest BCUT2D eigenvalue weighted by molar-refractivity contribution is 0.296. The highest BCUT2D eigenvalue weighted by molar-refractivity contribution is 5.49. The molecule has 0 saturated carbocycles. The minimum Gasteiger partial charge on any atom is -0.370 e. The molecule has 1 heterocycles. The van der Waals surface area contributed by atoms with Crippen LogP contribution in [0.25, 0.3) is 0 Å². The van der Waals surface area contributed by atoms with E-state index < -0.39 is 0 Å². The van der Waals surface area contributed by atoms with Gasteiger partial charge in [0.15, 0.2) is 0 Å². The maximum absolute atomic E-state index is 9.14. The zero-order valence-electron chi connectivity index (χ0n) is 14.3. The van der Waals surface area contributed by atoms with Crippen LogP contribution in [0.4, 0.5) is 0 Å². The molecular weight excluding hydrogens is 306 g/mol. The molecule has 0 aromatic heterocycles. The summed E-state index contributed by atoms with van der Waals surface area (Å²) in [6, 6.07) is 12.8. The van der Waals surface area contributed by atoms with Crippen molar-refractivity contribution in [2.45, 2.75) is 38.6 Å². The van der Waals surface area contributed by atoms with Gasteiger partial charge in [-0.05, 0) is 66.4 Å².